The Labute approximate surface area is 862 Å². The maximum atomic E-state index is 9.58. The number of hydrogen-bond acceptors (Lipinski definition) is 19. The van der Waals surface area contributed by atoms with Crippen molar-refractivity contribution in [3.63, 3.8) is 0 Å². The van der Waals surface area contributed by atoms with Gasteiger partial charge in [-0.2, -0.15) is 0 Å². The number of halogens is 2. The van der Waals surface area contributed by atoms with Crippen LogP contribution >= 0.6 is 112 Å². The lowest BCUT2D eigenvalue weighted by molar-refractivity contribution is 0.266. The van der Waals surface area contributed by atoms with E-state index in [1.54, 1.807) is 0 Å². The Balaban J connectivity index is 0.000000201. The summed E-state index contributed by atoms with van der Waals surface area (Å²) in [5.41, 5.74) is 24.7. The summed E-state index contributed by atoms with van der Waals surface area (Å²) in [4.78, 5) is 0. The minimum atomic E-state index is -0.0678. The van der Waals surface area contributed by atoms with Crippen LogP contribution in [0.5, 0.6) is 69.0 Å². The van der Waals surface area contributed by atoms with Gasteiger partial charge in [0.25, 0.3) is 0 Å². The first-order valence-electron chi connectivity index (χ1n) is 46.2. The molecule has 0 saturated heterocycles. The molecule has 136 heavy (non-hydrogen) atoms. The summed E-state index contributed by atoms with van der Waals surface area (Å²) in [6.07, 6.45) is 7.70. The summed E-state index contributed by atoms with van der Waals surface area (Å²) in [5, 5.41) is 13.1. The van der Waals surface area contributed by atoms with Crippen LogP contribution in [0.3, 0.4) is 0 Å². The lowest BCUT2D eigenvalue weighted by Gasteiger charge is -2.17. The Morgan fingerprint density at radius 3 is 0.846 bits per heavy atom. The number of rotatable bonds is 33. The molecule has 1 fully saturated rings. The number of aryl methyl sites for hydroxylation is 14. The molecule has 12 aromatic rings. The minimum Gasteiger partial charge on any atom is -0.488 e. The lowest BCUT2D eigenvalue weighted by atomic mass is 10.0. The molecule has 0 radical (unpaired) electrons. The highest BCUT2D eigenvalue weighted by Crippen LogP contribution is 2.45. The van der Waals surface area contributed by atoms with Crippen LogP contribution < -0.4 is 56.8 Å². The Hall–Kier alpha value is -10.1. The van der Waals surface area contributed by atoms with Gasteiger partial charge in [0, 0.05) is 79.9 Å². The van der Waals surface area contributed by atoms with Crippen molar-refractivity contribution in [3.05, 3.63) is 349 Å². The van der Waals surface area contributed by atoms with E-state index in [0.29, 0.717) is 94.5 Å². The van der Waals surface area contributed by atoms with Crippen LogP contribution in [0.1, 0.15) is 228 Å². The second-order valence-corrected chi connectivity index (χ2v) is 37.9. The quantitative estimate of drug-likeness (QED) is 0.0309. The molecule has 1 aliphatic rings. The van der Waals surface area contributed by atoms with E-state index in [1.165, 1.54) is 57.3 Å². The van der Waals surface area contributed by atoms with Crippen molar-refractivity contribution >= 4 is 142 Å². The maximum Gasteiger partial charge on any atom is 0.167 e. The predicted molar refractivity (Wildman–Crippen MR) is 594 cm³/mol. The van der Waals surface area contributed by atoms with Gasteiger partial charge in [0.15, 0.2) is 30.3 Å². The van der Waals surface area contributed by atoms with Crippen molar-refractivity contribution < 1.29 is 61.9 Å². The predicted octanol–water partition coefficient (Wildman–Crippen LogP) is 32.6. The van der Waals surface area contributed by atoms with Gasteiger partial charge in [-0.3, -0.25) is 0 Å². The Bertz CT molecular complexity index is 5660. The molecule has 0 atom stereocenters. The van der Waals surface area contributed by atoms with E-state index in [1.807, 2.05) is 189 Å². The summed E-state index contributed by atoms with van der Waals surface area (Å²) in [6, 6.07) is 72.7. The van der Waals surface area contributed by atoms with E-state index >= 15 is 0 Å². The highest BCUT2D eigenvalue weighted by Gasteiger charge is 2.29. The van der Waals surface area contributed by atoms with Gasteiger partial charge in [-0.15, -0.1) is 0 Å². The van der Waals surface area contributed by atoms with Gasteiger partial charge in [-0.25, -0.2) is 0 Å². The third-order valence-corrected chi connectivity index (χ3v) is 26.0. The van der Waals surface area contributed by atoms with Gasteiger partial charge in [0.2, 0.25) is 0 Å². The summed E-state index contributed by atoms with van der Waals surface area (Å²) < 4.78 is 72.8. The van der Waals surface area contributed by atoms with Gasteiger partial charge >= 0.3 is 0 Å². The van der Waals surface area contributed by atoms with Crippen LogP contribution in [0.4, 0.5) is 0 Å². The molecule has 0 spiro atoms. The molecule has 0 bridgehead atoms. The van der Waals surface area contributed by atoms with Crippen molar-refractivity contribution in [3.8, 4) is 69.0 Å². The van der Waals surface area contributed by atoms with E-state index in [2.05, 4.69) is 207 Å². The van der Waals surface area contributed by atoms with Crippen molar-refractivity contribution in [1.29, 1.82) is 0 Å². The molecule has 0 amide bonds. The molecule has 0 aliphatic heterocycles. The van der Waals surface area contributed by atoms with Crippen LogP contribution in [0, 0.1) is 93.6 Å². The third kappa shape index (κ3) is 35.7. The average Bonchev–Trinajstić information content (AvgIpc) is 1.65. The SMILES string of the molecule is CCC(=S)Oc1cccc(Br)c1COc1ccc(C)cc1C.CCC(=S)Oc1cccc(C)c1COc1ccc(C)cc1C.CCC(=S)Oc1cccc(C2CC2)c1COc1ccc(C)cc1C.CCC(=S)Oc1cccc(CC)c1COc1ccc(C)cc1C.CCC(=S)Oc1cccc(CO)c1COc1ccc(C)cc1C.CCC(=S)Oc1cccc(I)c1COc1ccc(C)cc1C. The van der Waals surface area contributed by atoms with Gasteiger partial charge in [0.05, 0.1) is 6.61 Å². The first kappa shape index (κ1) is 111. The van der Waals surface area contributed by atoms with E-state index < -0.39 is 0 Å². The van der Waals surface area contributed by atoms with Crippen molar-refractivity contribution in [2.45, 2.75) is 248 Å². The summed E-state index contributed by atoms with van der Waals surface area (Å²) in [6.45, 7) is 43.5. The van der Waals surface area contributed by atoms with E-state index in [9.17, 15) is 5.11 Å². The summed E-state index contributed by atoms with van der Waals surface area (Å²) >= 11 is 37.1. The zero-order valence-electron chi connectivity index (χ0n) is 82.2. The average molecular weight is 2120 g/mol. The minimum absolute atomic E-state index is 0.0678. The first-order chi connectivity index (χ1) is 65.2. The normalized spacial score (nSPS) is 11.0. The Morgan fingerprint density at radius 2 is 0.529 bits per heavy atom. The first-order valence-corrected chi connectivity index (χ1v) is 50.5. The number of aliphatic hydroxyl groups is 1. The van der Waals surface area contributed by atoms with Crippen molar-refractivity contribution in [2.75, 3.05) is 0 Å². The molecule has 12 aromatic carbocycles. The number of ether oxygens (including phenoxy) is 12. The summed E-state index contributed by atoms with van der Waals surface area (Å²) in [5.74, 6) is 10.6. The number of aliphatic hydroxyl groups excluding tert-OH is 1. The van der Waals surface area contributed by atoms with Crippen LogP contribution in [0.25, 0.3) is 0 Å². The Morgan fingerprint density at radius 1 is 0.279 bits per heavy atom. The number of thiocarbonyl (C=S) groups is 6. The molecule has 718 valence electrons. The van der Waals surface area contributed by atoms with E-state index in [-0.39, 0.29) is 6.61 Å². The fourth-order valence-corrected chi connectivity index (χ4v) is 15.8. The monoisotopic (exact) mass is 2120 g/mol. The summed E-state index contributed by atoms with van der Waals surface area (Å²) in [7, 11) is 0. The molecular weight excluding hydrogens is 1990 g/mol. The fraction of sp³-hybridized carbons (Fsp3) is 0.322. The lowest BCUT2D eigenvalue weighted by Crippen LogP contribution is -2.09. The molecule has 13 rings (SSSR count). The zero-order valence-corrected chi connectivity index (χ0v) is 90.9. The number of benzene rings is 12. The van der Waals surface area contributed by atoms with Gasteiger partial charge < -0.3 is 61.9 Å². The van der Waals surface area contributed by atoms with Crippen molar-refractivity contribution in [1.82, 2.24) is 0 Å². The van der Waals surface area contributed by atoms with Crippen molar-refractivity contribution in [2.24, 2.45) is 0 Å². The largest absolute Gasteiger partial charge is 0.488 e. The maximum absolute atomic E-state index is 9.58. The molecule has 0 aromatic heterocycles. The van der Waals surface area contributed by atoms with Gasteiger partial charge in [-0.1, -0.05) is 231 Å². The van der Waals surface area contributed by atoms with Crippen LogP contribution in [-0.4, -0.2) is 35.4 Å². The highest BCUT2D eigenvalue weighted by molar-refractivity contribution is 14.1. The van der Waals surface area contributed by atoms with Gasteiger partial charge in [-0.05, 0) is 352 Å². The molecule has 13 nitrogen and oxygen atoms in total. The van der Waals surface area contributed by atoms with Gasteiger partial charge in [0.1, 0.15) is 109 Å². The molecule has 21 heteroatoms. The fourth-order valence-electron chi connectivity index (χ4n) is 14.2. The third-order valence-electron chi connectivity index (χ3n) is 22.0. The van der Waals surface area contributed by atoms with E-state index in [0.717, 1.165) is 181 Å². The van der Waals surface area contributed by atoms with Crippen LogP contribution in [-0.2, 0) is 52.7 Å². The molecular formula is C115H130BrIO13S6. The van der Waals surface area contributed by atoms with Crippen LogP contribution in [0.2, 0.25) is 0 Å². The molecule has 1 saturated carbocycles. The Kier molecular flexibility index (Phi) is 46.9. The molecule has 1 aliphatic carbocycles. The van der Waals surface area contributed by atoms with Crippen LogP contribution in [0.15, 0.2) is 223 Å². The van der Waals surface area contributed by atoms with E-state index in [4.69, 9.17) is 130 Å². The molecule has 0 unspecified atom stereocenters. The molecule has 1 N–H and O–H groups in total. The smallest absolute Gasteiger partial charge is 0.167 e. The second kappa shape index (κ2) is 57.4. The topological polar surface area (TPSA) is 131 Å². The zero-order chi connectivity index (χ0) is 99.1. The second-order valence-electron chi connectivity index (χ2n) is 33.2. The molecule has 0 heterocycles. The number of hydrogen-bond donors (Lipinski definition) is 1. The standard InChI is InChI=1S/C21H24O2S.C20H24O2S.C19H22O3S.C19H22O2S.C18H19BrO2S.C18H19IO2S/c1-4-21(24)23-20-7-5-6-17(16-9-10-16)18(20)13-22-19-11-8-14(2)12-15(19)3;1-5-16-8-7-9-19(22-20(23)6-2)17(16)13-21-18-11-10-14(3)12-15(18)4;1-4-19(23)22-18-7-5-6-15(11-20)16(18)12-21-17-9-8-13(2)10-14(17)3;1-5-19(22)21-18-8-6-7-14(3)16(18)12-20-17-10-9-13(2)11-15(17)4;2*1-4-18(22)21-17-7-5-6-15(19)14(17)11-20-16-9-8-12(2)10-13(16)3/h5-8,11-12,16H,4,9-10,13H2,1-3H3;7-12H,5-6,13H2,1-4H3;5-10,20H,4,11-12H2,1-3H3;6-11H,5,12H2,1-4H3;2*5-10H,4,11H2,1-3H3. The highest BCUT2D eigenvalue weighted by atomic mass is 127.